The van der Waals surface area contributed by atoms with Crippen molar-refractivity contribution in [2.24, 2.45) is 0 Å². The standard InChI is InChI=1S/C14H24N2O3S/c1-13(2,3)16-20(18,19)12-8-6-11(7-9-12)15-14(4,5)10-17/h6-9,15-17H,10H2,1-5H3. The summed E-state index contributed by atoms with van der Waals surface area (Å²) in [5.41, 5.74) is -0.211. The van der Waals surface area contributed by atoms with Crippen molar-refractivity contribution in [2.75, 3.05) is 11.9 Å². The van der Waals surface area contributed by atoms with Gasteiger partial charge in [0, 0.05) is 11.2 Å². The predicted octanol–water partition coefficient (Wildman–Crippen LogP) is 1.95. The van der Waals surface area contributed by atoms with Crippen molar-refractivity contribution in [3.8, 4) is 0 Å². The van der Waals surface area contributed by atoms with Crippen molar-refractivity contribution in [3.63, 3.8) is 0 Å². The van der Waals surface area contributed by atoms with E-state index < -0.39 is 21.1 Å². The van der Waals surface area contributed by atoms with Crippen LogP contribution in [0.25, 0.3) is 0 Å². The first-order chi connectivity index (χ1) is 8.95. The molecule has 0 unspecified atom stereocenters. The molecule has 3 N–H and O–H groups in total. The van der Waals surface area contributed by atoms with Gasteiger partial charge in [-0.1, -0.05) is 0 Å². The van der Waals surface area contributed by atoms with Gasteiger partial charge in [0.15, 0.2) is 0 Å². The van der Waals surface area contributed by atoms with Crippen molar-refractivity contribution in [2.45, 2.75) is 50.6 Å². The minimum Gasteiger partial charge on any atom is -0.394 e. The highest BCUT2D eigenvalue weighted by Crippen LogP contribution is 2.19. The first-order valence-corrected chi connectivity index (χ1v) is 7.97. The van der Waals surface area contributed by atoms with Gasteiger partial charge in [0.05, 0.1) is 17.0 Å². The van der Waals surface area contributed by atoms with Crippen molar-refractivity contribution < 1.29 is 13.5 Å². The molecule has 0 saturated heterocycles. The van der Waals surface area contributed by atoms with E-state index in [0.717, 1.165) is 5.69 Å². The second-order valence-corrected chi connectivity index (χ2v) is 8.23. The zero-order valence-electron chi connectivity index (χ0n) is 12.7. The molecular formula is C14H24N2O3S. The molecule has 0 spiro atoms. The van der Waals surface area contributed by atoms with E-state index in [9.17, 15) is 13.5 Å². The number of benzene rings is 1. The van der Waals surface area contributed by atoms with E-state index in [-0.39, 0.29) is 11.5 Å². The van der Waals surface area contributed by atoms with Crippen LogP contribution >= 0.6 is 0 Å². The van der Waals surface area contributed by atoms with E-state index in [1.165, 1.54) is 0 Å². The number of aliphatic hydroxyl groups is 1. The molecule has 0 atom stereocenters. The topological polar surface area (TPSA) is 78.4 Å². The summed E-state index contributed by atoms with van der Waals surface area (Å²) in [5, 5.41) is 12.3. The largest absolute Gasteiger partial charge is 0.394 e. The lowest BCUT2D eigenvalue weighted by Gasteiger charge is -2.25. The van der Waals surface area contributed by atoms with Crippen molar-refractivity contribution in [1.82, 2.24) is 4.72 Å². The summed E-state index contributed by atoms with van der Waals surface area (Å²) in [5.74, 6) is 0. The van der Waals surface area contributed by atoms with E-state index in [1.54, 1.807) is 45.0 Å². The molecular weight excluding hydrogens is 276 g/mol. The van der Waals surface area contributed by atoms with Crippen LogP contribution in [0.4, 0.5) is 5.69 Å². The Morgan fingerprint density at radius 2 is 1.55 bits per heavy atom. The quantitative estimate of drug-likeness (QED) is 0.776. The molecule has 6 heteroatoms. The van der Waals surface area contributed by atoms with Crippen LogP contribution in [0.3, 0.4) is 0 Å². The van der Waals surface area contributed by atoms with E-state index in [0.29, 0.717) is 0 Å². The lowest BCUT2D eigenvalue weighted by molar-refractivity contribution is 0.234. The van der Waals surface area contributed by atoms with E-state index in [2.05, 4.69) is 10.0 Å². The molecule has 0 heterocycles. The number of hydrogen-bond donors (Lipinski definition) is 3. The van der Waals surface area contributed by atoms with Crippen molar-refractivity contribution >= 4 is 15.7 Å². The number of rotatable bonds is 5. The molecule has 0 aliphatic heterocycles. The molecule has 0 saturated carbocycles. The molecule has 0 bridgehead atoms. The number of sulfonamides is 1. The second-order valence-electron chi connectivity index (χ2n) is 6.55. The molecule has 0 amide bonds. The zero-order valence-corrected chi connectivity index (χ0v) is 13.5. The average Bonchev–Trinajstić information content (AvgIpc) is 2.26. The highest BCUT2D eigenvalue weighted by Gasteiger charge is 2.22. The summed E-state index contributed by atoms with van der Waals surface area (Å²) in [4.78, 5) is 0.222. The molecule has 1 rings (SSSR count). The van der Waals surface area contributed by atoms with Crippen LogP contribution in [-0.4, -0.2) is 31.2 Å². The van der Waals surface area contributed by atoms with Crippen molar-refractivity contribution in [1.29, 1.82) is 0 Å². The maximum Gasteiger partial charge on any atom is 0.241 e. The Labute approximate surface area is 121 Å². The lowest BCUT2D eigenvalue weighted by Crippen LogP contribution is -2.40. The first-order valence-electron chi connectivity index (χ1n) is 6.48. The van der Waals surface area contributed by atoms with Gasteiger partial charge in [0.25, 0.3) is 0 Å². The Morgan fingerprint density at radius 1 is 1.05 bits per heavy atom. The van der Waals surface area contributed by atoms with Crippen LogP contribution in [0.1, 0.15) is 34.6 Å². The van der Waals surface area contributed by atoms with Gasteiger partial charge >= 0.3 is 0 Å². The SMILES string of the molecule is CC(C)(C)NS(=O)(=O)c1ccc(NC(C)(C)CO)cc1. The molecule has 114 valence electrons. The van der Waals surface area contributed by atoms with E-state index >= 15 is 0 Å². The Kier molecular flexibility index (Phi) is 4.84. The van der Waals surface area contributed by atoms with Crippen LogP contribution in [0, 0.1) is 0 Å². The molecule has 0 aliphatic carbocycles. The number of aliphatic hydroxyl groups excluding tert-OH is 1. The number of nitrogens with one attached hydrogen (secondary N) is 2. The van der Waals surface area contributed by atoms with Crippen LogP contribution in [0.15, 0.2) is 29.2 Å². The minimum atomic E-state index is -3.51. The average molecular weight is 300 g/mol. The fourth-order valence-corrected chi connectivity index (χ4v) is 3.03. The summed E-state index contributed by atoms with van der Waals surface area (Å²) in [6.07, 6.45) is 0. The fraction of sp³-hybridized carbons (Fsp3) is 0.571. The maximum atomic E-state index is 12.1. The van der Waals surface area contributed by atoms with Gasteiger partial charge in [-0.25, -0.2) is 13.1 Å². The van der Waals surface area contributed by atoms with Crippen molar-refractivity contribution in [3.05, 3.63) is 24.3 Å². The van der Waals surface area contributed by atoms with Gasteiger partial charge < -0.3 is 10.4 Å². The van der Waals surface area contributed by atoms with Gasteiger partial charge in [-0.3, -0.25) is 0 Å². The molecule has 1 aromatic rings. The third-order valence-corrected chi connectivity index (χ3v) is 4.26. The normalized spacial score (nSPS) is 13.3. The van der Waals surface area contributed by atoms with Gasteiger partial charge in [0.1, 0.15) is 0 Å². The Morgan fingerprint density at radius 3 is 1.95 bits per heavy atom. The molecule has 0 fully saturated rings. The third kappa shape index (κ3) is 5.11. The number of hydrogen-bond acceptors (Lipinski definition) is 4. The van der Waals surface area contributed by atoms with Crippen LogP contribution in [0.2, 0.25) is 0 Å². The van der Waals surface area contributed by atoms with Gasteiger partial charge in [-0.2, -0.15) is 0 Å². The molecule has 5 nitrogen and oxygen atoms in total. The van der Waals surface area contributed by atoms with Gasteiger partial charge in [-0.15, -0.1) is 0 Å². The molecule has 0 radical (unpaired) electrons. The Hall–Kier alpha value is -1.11. The van der Waals surface area contributed by atoms with Crippen LogP contribution in [0.5, 0.6) is 0 Å². The smallest absolute Gasteiger partial charge is 0.241 e. The number of anilines is 1. The summed E-state index contributed by atoms with van der Waals surface area (Å²) < 4.78 is 26.9. The molecule has 1 aromatic carbocycles. The fourth-order valence-electron chi connectivity index (χ4n) is 1.61. The molecule has 20 heavy (non-hydrogen) atoms. The second kappa shape index (κ2) is 5.71. The summed E-state index contributed by atoms with van der Waals surface area (Å²) in [6, 6.07) is 6.47. The summed E-state index contributed by atoms with van der Waals surface area (Å²) >= 11 is 0. The van der Waals surface area contributed by atoms with Gasteiger partial charge in [0.2, 0.25) is 10.0 Å². The van der Waals surface area contributed by atoms with Crippen LogP contribution < -0.4 is 10.0 Å². The third-order valence-electron chi connectivity index (χ3n) is 2.48. The van der Waals surface area contributed by atoms with Gasteiger partial charge in [-0.05, 0) is 58.9 Å². The highest BCUT2D eigenvalue weighted by molar-refractivity contribution is 7.89. The summed E-state index contributed by atoms with van der Waals surface area (Å²) in [7, 11) is -3.51. The predicted molar refractivity (Wildman–Crippen MR) is 81.3 cm³/mol. The minimum absolute atomic E-state index is 0.0152. The molecule has 0 aromatic heterocycles. The highest BCUT2D eigenvalue weighted by atomic mass is 32.2. The first kappa shape index (κ1) is 16.9. The van der Waals surface area contributed by atoms with Crippen LogP contribution in [-0.2, 0) is 10.0 Å². The lowest BCUT2D eigenvalue weighted by atomic mass is 10.1. The Bertz CT molecular complexity index is 543. The monoisotopic (exact) mass is 300 g/mol. The van der Waals surface area contributed by atoms with E-state index in [1.807, 2.05) is 13.8 Å². The molecule has 0 aliphatic rings. The zero-order chi connectivity index (χ0) is 15.6. The Balaban J connectivity index is 2.92. The van der Waals surface area contributed by atoms with E-state index in [4.69, 9.17) is 0 Å². The summed E-state index contributed by atoms with van der Waals surface area (Å²) in [6.45, 7) is 9.09. The maximum absolute atomic E-state index is 12.1.